The van der Waals surface area contributed by atoms with Crippen LogP contribution in [0.3, 0.4) is 0 Å². The summed E-state index contributed by atoms with van der Waals surface area (Å²) in [6, 6.07) is 8.70. The summed E-state index contributed by atoms with van der Waals surface area (Å²) in [4.78, 5) is 23.0. The Morgan fingerprint density at radius 3 is 2.47 bits per heavy atom. The lowest BCUT2D eigenvalue weighted by molar-refractivity contribution is -0.612. The van der Waals surface area contributed by atoms with Gasteiger partial charge in [-0.05, 0) is 36.1 Å². The molecule has 0 radical (unpaired) electrons. The standard InChI is InChI=1S/C24H22ClN5O4S2/c1-15-14-30(32)16(2)9-20(15)18-12-26-23(27-13-18)24(31)28-5-7-29(8-6-28)36(33,34)22-10-17-3-4-19(25)11-21(17)35-22/h3-4,9-14H,5-8H2,1-2H3. The molecule has 1 saturated heterocycles. The molecule has 0 bridgehead atoms. The van der Waals surface area contributed by atoms with Gasteiger partial charge in [-0.15, -0.1) is 11.3 Å². The zero-order valence-corrected chi connectivity index (χ0v) is 21.9. The Morgan fingerprint density at radius 2 is 1.78 bits per heavy atom. The van der Waals surface area contributed by atoms with E-state index in [0.717, 1.165) is 25.9 Å². The predicted molar refractivity (Wildman–Crippen MR) is 137 cm³/mol. The van der Waals surface area contributed by atoms with E-state index in [4.69, 9.17) is 11.6 Å². The van der Waals surface area contributed by atoms with Crippen molar-refractivity contribution in [1.82, 2.24) is 19.2 Å². The van der Waals surface area contributed by atoms with Crippen LogP contribution in [0.15, 0.2) is 53.1 Å². The van der Waals surface area contributed by atoms with Crippen molar-refractivity contribution >= 4 is 49.0 Å². The predicted octanol–water partition coefficient (Wildman–Crippen LogP) is 3.41. The van der Waals surface area contributed by atoms with Gasteiger partial charge >= 0.3 is 0 Å². The minimum Gasteiger partial charge on any atom is -0.619 e. The Morgan fingerprint density at radius 1 is 1.08 bits per heavy atom. The number of nitrogens with zero attached hydrogens (tertiary/aromatic N) is 5. The average Bonchev–Trinajstić information content (AvgIpc) is 3.30. The second kappa shape index (κ2) is 9.40. The van der Waals surface area contributed by atoms with E-state index in [9.17, 15) is 18.4 Å². The molecule has 186 valence electrons. The minimum absolute atomic E-state index is 0.0423. The first kappa shape index (κ1) is 24.6. The number of rotatable bonds is 4. The highest BCUT2D eigenvalue weighted by molar-refractivity contribution is 7.91. The van der Waals surface area contributed by atoms with Crippen LogP contribution in [0.5, 0.6) is 0 Å². The Balaban J connectivity index is 1.27. The summed E-state index contributed by atoms with van der Waals surface area (Å²) >= 11 is 7.22. The maximum Gasteiger partial charge on any atom is 0.291 e. The van der Waals surface area contributed by atoms with Gasteiger partial charge in [-0.25, -0.2) is 18.4 Å². The van der Waals surface area contributed by atoms with E-state index in [2.05, 4.69) is 9.97 Å². The van der Waals surface area contributed by atoms with Crippen molar-refractivity contribution in [3.63, 3.8) is 0 Å². The molecular formula is C24H22ClN5O4S2. The Kier molecular flexibility index (Phi) is 6.41. The molecule has 36 heavy (non-hydrogen) atoms. The van der Waals surface area contributed by atoms with Crippen molar-refractivity contribution in [1.29, 1.82) is 0 Å². The van der Waals surface area contributed by atoms with Crippen LogP contribution in [-0.4, -0.2) is 59.7 Å². The lowest BCUT2D eigenvalue weighted by Gasteiger charge is -2.33. The molecule has 4 aromatic rings. The van der Waals surface area contributed by atoms with Crippen molar-refractivity contribution < 1.29 is 17.9 Å². The number of sulfonamides is 1. The summed E-state index contributed by atoms with van der Waals surface area (Å²) < 4.78 is 29.6. The van der Waals surface area contributed by atoms with Gasteiger partial charge in [0.25, 0.3) is 15.9 Å². The van der Waals surface area contributed by atoms with Gasteiger partial charge in [-0.2, -0.15) is 9.04 Å². The number of piperazine rings is 1. The molecule has 9 nitrogen and oxygen atoms in total. The van der Waals surface area contributed by atoms with E-state index >= 15 is 0 Å². The second-order valence-corrected chi connectivity index (χ2v) is 12.3. The van der Waals surface area contributed by atoms with Gasteiger partial charge in [0.2, 0.25) is 5.82 Å². The van der Waals surface area contributed by atoms with E-state index in [1.54, 1.807) is 54.5 Å². The fourth-order valence-electron chi connectivity index (χ4n) is 4.13. The summed E-state index contributed by atoms with van der Waals surface area (Å²) in [5, 5.41) is 13.1. The number of hydrogen-bond acceptors (Lipinski definition) is 7. The van der Waals surface area contributed by atoms with Crippen molar-refractivity contribution in [2.45, 2.75) is 18.1 Å². The highest BCUT2D eigenvalue weighted by Crippen LogP contribution is 2.33. The van der Waals surface area contributed by atoms with Crippen LogP contribution < -0.4 is 4.73 Å². The van der Waals surface area contributed by atoms with Crippen LogP contribution in [0.1, 0.15) is 21.9 Å². The number of aryl methyl sites for hydroxylation is 2. The number of aromatic nitrogens is 3. The normalized spacial score (nSPS) is 14.9. The molecule has 0 aliphatic carbocycles. The lowest BCUT2D eigenvalue weighted by atomic mass is 10.0. The van der Waals surface area contributed by atoms with Gasteiger partial charge in [0, 0.05) is 72.4 Å². The maximum absolute atomic E-state index is 13.2. The molecule has 0 spiro atoms. The van der Waals surface area contributed by atoms with Crippen molar-refractivity contribution in [2.24, 2.45) is 0 Å². The number of halogens is 1. The first-order valence-corrected chi connectivity index (χ1v) is 13.8. The number of carbonyl (C=O) groups excluding carboxylic acids is 1. The minimum atomic E-state index is -3.68. The van der Waals surface area contributed by atoms with Crippen LogP contribution in [-0.2, 0) is 10.0 Å². The van der Waals surface area contributed by atoms with Crippen molar-refractivity contribution in [2.75, 3.05) is 26.2 Å². The quantitative estimate of drug-likeness (QED) is 0.288. The van der Waals surface area contributed by atoms with Gasteiger partial charge in [0.05, 0.1) is 0 Å². The third-order valence-electron chi connectivity index (χ3n) is 6.17. The third-order valence-corrected chi connectivity index (χ3v) is 9.85. The third kappa shape index (κ3) is 4.55. The Bertz CT molecular complexity index is 1580. The first-order valence-electron chi connectivity index (χ1n) is 11.1. The first-order chi connectivity index (χ1) is 17.1. The highest BCUT2D eigenvalue weighted by Gasteiger charge is 2.32. The van der Waals surface area contributed by atoms with Crippen LogP contribution in [0.25, 0.3) is 21.2 Å². The molecule has 1 fully saturated rings. The smallest absolute Gasteiger partial charge is 0.291 e. The fraction of sp³-hybridized carbons (Fsp3) is 0.250. The number of thiophene rings is 1. The van der Waals surface area contributed by atoms with E-state index in [0.29, 0.717) is 16.3 Å². The molecule has 5 rings (SSSR count). The summed E-state index contributed by atoms with van der Waals surface area (Å²) in [7, 11) is -3.68. The zero-order valence-electron chi connectivity index (χ0n) is 19.5. The number of amides is 1. The molecule has 0 N–H and O–H groups in total. The SMILES string of the molecule is Cc1c[n+]([O-])c(C)cc1-c1cnc(C(=O)N2CCN(S(=O)(=O)c3cc4ccc(Cl)cc4s3)CC2)nc1. The molecule has 0 unspecified atom stereocenters. The summed E-state index contributed by atoms with van der Waals surface area (Å²) in [5.74, 6) is -0.311. The van der Waals surface area contributed by atoms with Gasteiger partial charge < -0.3 is 10.1 Å². The average molecular weight is 544 g/mol. The highest BCUT2D eigenvalue weighted by atomic mass is 35.5. The van der Waals surface area contributed by atoms with Gasteiger partial charge in [-0.3, -0.25) is 4.79 Å². The molecular weight excluding hydrogens is 522 g/mol. The number of fused-ring (bicyclic) bond motifs is 1. The fourth-order valence-corrected chi connectivity index (χ4v) is 7.38. The van der Waals surface area contributed by atoms with Crippen molar-refractivity contribution in [3.05, 3.63) is 76.2 Å². The van der Waals surface area contributed by atoms with E-state index < -0.39 is 10.0 Å². The Labute approximate surface area is 217 Å². The van der Waals surface area contributed by atoms with Crippen LogP contribution in [0.2, 0.25) is 5.02 Å². The summed E-state index contributed by atoms with van der Waals surface area (Å²) in [5.41, 5.74) is 2.84. The second-order valence-electron chi connectivity index (χ2n) is 8.58. The molecule has 3 aromatic heterocycles. The molecule has 0 atom stereocenters. The van der Waals surface area contributed by atoms with Gasteiger partial charge in [0.1, 0.15) is 4.21 Å². The largest absolute Gasteiger partial charge is 0.619 e. The van der Waals surface area contributed by atoms with Crippen LogP contribution >= 0.6 is 22.9 Å². The van der Waals surface area contributed by atoms with Crippen LogP contribution in [0.4, 0.5) is 0 Å². The molecule has 0 saturated carbocycles. The number of pyridine rings is 1. The van der Waals surface area contributed by atoms with Gasteiger partial charge in [0.15, 0.2) is 11.9 Å². The molecule has 1 aliphatic rings. The van der Waals surface area contributed by atoms with Gasteiger partial charge in [-0.1, -0.05) is 17.7 Å². The zero-order chi connectivity index (χ0) is 25.6. The van der Waals surface area contributed by atoms with Crippen LogP contribution in [0, 0.1) is 19.1 Å². The maximum atomic E-state index is 13.2. The van der Waals surface area contributed by atoms with Crippen molar-refractivity contribution in [3.8, 4) is 11.1 Å². The Hall–Kier alpha value is -3.12. The molecule has 1 aliphatic heterocycles. The topological polar surface area (TPSA) is 110 Å². The number of hydrogen-bond donors (Lipinski definition) is 0. The van der Waals surface area contributed by atoms with E-state index in [1.165, 1.54) is 21.8 Å². The molecule has 1 aromatic carbocycles. The summed E-state index contributed by atoms with van der Waals surface area (Å²) in [6.45, 7) is 4.37. The molecule has 12 heteroatoms. The molecule has 4 heterocycles. The monoisotopic (exact) mass is 543 g/mol. The molecule has 1 amide bonds. The lowest BCUT2D eigenvalue weighted by Crippen LogP contribution is -2.50. The van der Waals surface area contributed by atoms with E-state index in [-0.39, 0.29) is 42.1 Å². The number of benzene rings is 1. The summed E-state index contributed by atoms with van der Waals surface area (Å²) in [6.07, 6.45) is 4.61. The van der Waals surface area contributed by atoms with E-state index in [1.807, 2.05) is 6.92 Å². The number of carbonyl (C=O) groups is 1.